The molecule has 0 bridgehead atoms. The lowest BCUT2D eigenvalue weighted by molar-refractivity contribution is -0.384. The van der Waals surface area contributed by atoms with Gasteiger partial charge >= 0.3 is 5.97 Å². The summed E-state index contributed by atoms with van der Waals surface area (Å²) in [7, 11) is 0. The lowest BCUT2D eigenvalue weighted by atomic mass is 10.2. The number of thiazole rings is 1. The molecule has 0 radical (unpaired) electrons. The number of hydrazone groups is 1. The number of aromatic nitrogens is 1. The van der Waals surface area contributed by atoms with E-state index in [0.717, 1.165) is 11.1 Å². The van der Waals surface area contributed by atoms with Crippen LogP contribution in [0.15, 0.2) is 59.0 Å². The first-order valence-electron chi connectivity index (χ1n) is 9.39. The van der Waals surface area contributed by atoms with Gasteiger partial charge in [-0.3, -0.25) is 20.3 Å². The molecule has 0 fully saturated rings. The standard InChI is InChI=1S/C21H20N4O5S/c1-2-29-20(26)11-17-14-31-21(23-17)24-22-12-16-4-3-5-19(10-16)30-13-15-6-8-18(9-7-15)25(27)28/h3-10,12,14H,2,11,13H2,1H3,(H,23,24). The van der Waals surface area contributed by atoms with Gasteiger partial charge in [-0.25, -0.2) is 4.98 Å². The molecule has 0 unspecified atom stereocenters. The zero-order chi connectivity index (χ0) is 22.1. The summed E-state index contributed by atoms with van der Waals surface area (Å²) in [6.45, 7) is 2.39. The first-order valence-corrected chi connectivity index (χ1v) is 10.3. The molecule has 1 heterocycles. The highest BCUT2D eigenvalue weighted by Crippen LogP contribution is 2.18. The Morgan fingerprint density at radius 2 is 2.10 bits per heavy atom. The van der Waals surface area contributed by atoms with Gasteiger partial charge in [0.1, 0.15) is 12.4 Å². The number of nitro benzene ring substituents is 1. The van der Waals surface area contributed by atoms with Crippen LogP contribution in [0.25, 0.3) is 0 Å². The van der Waals surface area contributed by atoms with Crippen molar-refractivity contribution < 1.29 is 19.2 Å². The van der Waals surface area contributed by atoms with Crippen LogP contribution < -0.4 is 10.2 Å². The van der Waals surface area contributed by atoms with Crippen LogP contribution in [0, 0.1) is 10.1 Å². The quantitative estimate of drug-likeness (QED) is 0.217. The van der Waals surface area contributed by atoms with Gasteiger partial charge in [-0.2, -0.15) is 5.10 Å². The second-order valence-corrected chi connectivity index (χ2v) is 7.14. The van der Waals surface area contributed by atoms with Gasteiger partial charge in [-0.05, 0) is 42.3 Å². The summed E-state index contributed by atoms with van der Waals surface area (Å²) < 4.78 is 10.7. The highest BCUT2D eigenvalue weighted by Gasteiger charge is 2.08. The SMILES string of the molecule is CCOC(=O)Cc1csc(NN=Cc2cccc(OCc3ccc([N+](=O)[O-])cc3)c2)n1. The number of nitrogens with one attached hydrogen (secondary N) is 1. The second kappa shape index (κ2) is 10.8. The van der Waals surface area contributed by atoms with E-state index in [9.17, 15) is 14.9 Å². The van der Waals surface area contributed by atoms with E-state index in [1.165, 1.54) is 23.5 Å². The average Bonchev–Trinajstić information content (AvgIpc) is 3.20. The second-order valence-electron chi connectivity index (χ2n) is 6.28. The molecular weight excluding hydrogens is 420 g/mol. The van der Waals surface area contributed by atoms with E-state index in [1.807, 2.05) is 24.3 Å². The summed E-state index contributed by atoms with van der Waals surface area (Å²) >= 11 is 1.35. The van der Waals surface area contributed by atoms with Crippen LogP contribution in [0.1, 0.15) is 23.7 Å². The van der Waals surface area contributed by atoms with Crippen molar-refractivity contribution >= 4 is 34.3 Å². The summed E-state index contributed by atoms with van der Waals surface area (Å²) in [6.07, 6.45) is 1.76. The average molecular weight is 440 g/mol. The molecule has 0 aliphatic rings. The number of benzene rings is 2. The van der Waals surface area contributed by atoms with E-state index in [4.69, 9.17) is 9.47 Å². The minimum atomic E-state index is -0.436. The fourth-order valence-electron chi connectivity index (χ4n) is 2.53. The maximum Gasteiger partial charge on any atom is 0.311 e. The van der Waals surface area contributed by atoms with E-state index >= 15 is 0 Å². The molecule has 160 valence electrons. The summed E-state index contributed by atoms with van der Waals surface area (Å²) in [6, 6.07) is 13.6. The predicted molar refractivity (Wildman–Crippen MR) is 118 cm³/mol. The summed E-state index contributed by atoms with van der Waals surface area (Å²) in [5.74, 6) is 0.335. The summed E-state index contributed by atoms with van der Waals surface area (Å²) in [5.41, 5.74) is 5.16. The number of hydrogen-bond acceptors (Lipinski definition) is 9. The van der Waals surface area contributed by atoms with Crippen molar-refractivity contribution in [2.24, 2.45) is 5.10 Å². The summed E-state index contributed by atoms with van der Waals surface area (Å²) in [5, 5.41) is 17.2. The van der Waals surface area contributed by atoms with Gasteiger partial charge in [0.15, 0.2) is 0 Å². The Hall–Kier alpha value is -3.79. The molecule has 0 aliphatic carbocycles. The number of rotatable bonds is 10. The minimum Gasteiger partial charge on any atom is -0.489 e. The molecule has 31 heavy (non-hydrogen) atoms. The highest BCUT2D eigenvalue weighted by atomic mass is 32.1. The number of non-ortho nitro benzene ring substituents is 1. The molecule has 1 aromatic heterocycles. The third kappa shape index (κ3) is 6.89. The van der Waals surface area contributed by atoms with Crippen molar-refractivity contribution in [3.8, 4) is 5.75 Å². The van der Waals surface area contributed by atoms with Gasteiger partial charge in [0, 0.05) is 17.5 Å². The maximum absolute atomic E-state index is 11.5. The number of nitro groups is 1. The van der Waals surface area contributed by atoms with E-state index in [2.05, 4.69) is 15.5 Å². The van der Waals surface area contributed by atoms with Crippen molar-refractivity contribution in [2.45, 2.75) is 20.0 Å². The van der Waals surface area contributed by atoms with E-state index < -0.39 is 4.92 Å². The van der Waals surface area contributed by atoms with Crippen LogP contribution in [0.3, 0.4) is 0 Å². The lowest BCUT2D eigenvalue weighted by Gasteiger charge is -2.07. The van der Waals surface area contributed by atoms with E-state index in [0.29, 0.717) is 29.8 Å². The van der Waals surface area contributed by atoms with Crippen molar-refractivity contribution in [3.05, 3.63) is 80.8 Å². The fourth-order valence-corrected chi connectivity index (χ4v) is 3.19. The zero-order valence-electron chi connectivity index (χ0n) is 16.7. The Balaban J connectivity index is 1.52. The first kappa shape index (κ1) is 21.9. The third-order valence-electron chi connectivity index (χ3n) is 3.97. The number of hydrogen-bond donors (Lipinski definition) is 1. The Morgan fingerprint density at radius 3 is 2.84 bits per heavy atom. The van der Waals surface area contributed by atoms with E-state index in [1.54, 1.807) is 30.7 Å². The van der Waals surface area contributed by atoms with Gasteiger partial charge in [-0.15, -0.1) is 11.3 Å². The smallest absolute Gasteiger partial charge is 0.311 e. The van der Waals surface area contributed by atoms with Gasteiger partial charge in [0.25, 0.3) is 5.69 Å². The number of ether oxygens (including phenoxy) is 2. The van der Waals surface area contributed by atoms with E-state index in [-0.39, 0.29) is 18.1 Å². The van der Waals surface area contributed by atoms with Crippen molar-refractivity contribution in [2.75, 3.05) is 12.0 Å². The van der Waals surface area contributed by atoms with Crippen LogP contribution >= 0.6 is 11.3 Å². The molecule has 0 aliphatic heterocycles. The van der Waals surface area contributed by atoms with Crippen molar-refractivity contribution in [3.63, 3.8) is 0 Å². The summed E-state index contributed by atoms with van der Waals surface area (Å²) in [4.78, 5) is 26.1. The van der Waals surface area contributed by atoms with Crippen LogP contribution in [0.5, 0.6) is 5.75 Å². The molecule has 0 amide bonds. The number of carbonyl (C=O) groups is 1. The Morgan fingerprint density at radius 1 is 1.29 bits per heavy atom. The number of esters is 1. The molecule has 0 saturated heterocycles. The normalized spacial score (nSPS) is 10.7. The number of carbonyl (C=O) groups excluding carboxylic acids is 1. The molecule has 0 saturated carbocycles. The maximum atomic E-state index is 11.5. The van der Waals surface area contributed by atoms with Crippen molar-refractivity contribution in [1.82, 2.24) is 4.98 Å². The highest BCUT2D eigenvalue weighted by molar-refractivity contribution is 7.13. The van der Waals surface area contributed by atoms with Gasteiger partial charge in [0.2, 0.25) is 5.13 Å². The molecule has 1 N–H and O–H groups in total. The van der Waals surface area contributed by atoms with Crippen LogP contribution in [0.4, 0.5) is 10.8 Å². The van der Waals surface area contributed by atoms with Gasteiger partial charge < -0.3 is 9.47 Å². The first-order chi connectivity index (χ1) is 15.0. The molecule has 9 nitrogen and oxygen atoms in total. The van der Waals surface area contributed by atoms with Gasteiger partial charge in [-0.1, -0.05) is 12.1 Å². The van der Waals surface area contributed by atoms with Gasteiger partial charge in [0.05, 0.1) is 29.9 Å². The third-order valence-corrected chi connectivity index (χ3v) is 4.76. The zero-order valence-corrected chi connectivity index (χ0v) is 17.5. The van der Waals surface area contributed by atoms with Crippen LogP contribution in [-0.4, -0.2) is 28.7 Å². The largest absolute Gasteiger partial charge is 0.489 e. The monoisotopic (exact) mass is 440 g/mol. The predicted octanol–water partition coefficient (Wildman–Crippen LogP) is 4.18. The topological polar surface area (TPSA) is 116 Å². The number of anilines is 1. The Kier molecular flexibility index (Phi) is 7.66. The molecule has 2 aromatic carbocycles. The lowest BCUT2D eigenvalue weighted by Crippen LogP contribution is -2.07. The Labute approximate surface area is 182 Å². The molecule has 0 spiro atoms. The minimum absolute atomic E-state index is 0.0442. The van der Waals surface area contributed by atoms with Crippen molar-refractivity contribution in [1.29, 1.82) is 0 Å². The van der Waals surface area contributed by atoms with Crippen LogP contribution in [-0.2, 0) is 22.6 Å². The molecule has 0 atom stereocenters. The molecular formula is C21H20N4O5S. The molecule has 10 heteroatoms. The molecule has 3 rings (SSSR count). The Bertz CT molecular complexity index is 1070. The van der Waals surface area contributed by atoms with Crippen LogP contribution in [0.2, 0.25) is 0 Å². The number of nitrogens with zero attached hydrogens (tertiary/aromatic N) is 3. The fraction of sp³-hybridized carbons (Fsp3) is 0.190. The molecule has 3 aromatic rings.